The molecule has 0 amide bonds. The van der Waals surface area contributed by atoms with Crippen molar-refractivity contribution in [3.63, 3.8) is 0 Å². The maximum Gasteiger partial charge on any atom is 0.573 e. The highest BCUT2D eigenvalue weighted by Gasteiger charge is 2.35. The third kappa shape index (κ3) is 6.24. The van der Waals surface area contributed by atoms with Gasteiger partial charge < -0.3 is 14.0 Å². The minimum atomic E-state index is -4.89. The Bertz CT molecular complexity index is 1950. The summed E-state index contributed by atoms with van der Waals surface area (Å²) in [4.78, 5) is 3.57. The fourth-order valence-corrected chi connectivity index (χ4v) is 5.37. The number of halogens is 6. The Morgan fingerprint density at radius 1 is 0.841 bits per heavy atom. The van der Waals surface area contributed by atoms with Crippen molar-refractivity contribution < 1.29 is 44.2 Å². The van der Waals surface area contributed by atoms with Crippen molar-refractivity contribution in [3.8, 4) is 45.3 Å². The van der Waals surface area contributed by atoms with E-state index in [0.29, 0.717) is 16.7 Å². The van der Waals surface area contributed by atoms with Crippen LogP contribution in [0.3, 0.4) is 0 Å². The second-order valence-corrected chi connectivity index (χ2v) is 11.5. The van der Waals surface area contributed by atoms with E-state index >= 15 is 0 Å². The molecule has 0 unspecified atom stereocenters. The van der Waals surface area contributed by atoms with Crippen LogP contribution in [0.4, 0.5) is 26.3 Å². The van der Waals surface area contributed by atoms with Gasteiger partial charge in [0.15, 0.2) is 15.5 Å². The fourth-order valence-electron chi connectivity index (χ4n) is 4.51. The SMILES string of the molecule is COc1ccc(-c2ccc(-n3cc(C(F)(F)F)nc3C)c(-n3nncc3-c3ccc(OC(F)(F)F)cc3)c2)cc1S(C)(=O)=O. The normalized spacial score (nSPS) is 12.4. The third-order valence-electron chi connectivity index (χ3n) is 6.47. The molecule has 0 bridgehead atoms. The number of aryl methyl sites for hydroxylation is 1. The van der Waals surface area contributed by atoms with Gasteiger partial charge in [0.05, 0.1) is 30.4 Å². The van der Waals surface area contributed by atoms with E-state index in [-0.39, 0.29) is 33.5 Å². The second kappa shape index (κ2) is 11.0. The molecule has 0 fully saturated rings. The molecular formula is C28H21F6N5O4S. The summed E-state index contributed by atoms with van der Waals surface area (Å²) in [6.07, 6.45) is -6.44. The number of imidazole rings is 1. The lowest BCUT2D eigenvalue weighted by Crippen LogP contribution is -2.16. The van der Waals surface area contributed by atoms with Crippen molar-refractivity contribution >= 4 is 9.84 Å². The summed E-state index contributed by atoms with van der Waals surface area (Å²) in [6, 6.07) is 14.0. The Kier molecular flexibility index (Phi) is 7.65. The van der Waals surface area contributed by atoms with Gasteiger partial charge in [-0.1, -0.05) is 17.3 Å². The van der Waals surface area contributed by atoms with E-state index in [1.807, 2.05) is 0 Å². The zero-order chi connectivity index (χ0) is 32.0. The van der Waals surface area contributed by atoms with Crippen LogP contribution in [0.2, 0.25) is 0 Å². The molecule has 16 heteroatoms. The largest absolute Gasteiger partial charge is 0.573 e. The topological polar surface area (TPSA) is 101 Å². The Morgan fingerprint density at radius 3 is 2.07 bits per heavy atom. The average Bonchev–Trinajstić information content (AvgIpc) is 3.58. The van der Waals surface area contributed by atoms with E-state index in [4.69, 9.17) is 4.74 Å². The number of nitrogens with zero attached hydrogens (tertiary/aromatic N) is 5. The number of aromatic nitrogens is 5. The summed E-state index contributed by atoms with van der Waals surface area (Å²) >= 11 is 0. The molecule has 0 radical (unpaired) electrons. The molecule has 0 saturated carbocycles. The summed E-state index contributed by atoms with van der Waals surface area (Å²) in [5.41, 5.74) is 0.821. The van der Waals surface area contributed by atoms with Crippen LogP contribution in [-0.2, 0) is 16.0 Å². The predicted molar refractivity (Wildman–Crippen MR) is 145 cm³/mol. The van der Waals surface area contributed by atoms with Crippen LogP contribution in [0, 0.1) is 6.92 Å². The van der Waals surface area contributed by atoms with Gasteiger partial charge in [0, 0.05) is 18.0 Å². The molecule has 44 heavy (non-hydrogen) atoms. The monoisotopic (exact) mass is 637 g/mol. The smallest absolute Gasteiger partial charge is 0.495 e. The molecule has 0 spiro atoms. The number of benzene rings is 3. The lowest BCUT2D eigenvalue weighted by molar-refractivity contribution is -0.274. The average molecular weight is 638 g/mol. The number of hydrogen-bond donors (Lipinski definition) is 0. The van der Waals surface area contributed by atoms with E-state index in [1.165, 1.54) is 59.8 Å². The van der Waals surface area contributed by atoms with Crippen molar-refractivity contribution in [1.29, 1.82) is 0 Å². The number of sulfone groups is 1. The first-order chi connectivity index (χ1) is 20.5. The molecule has 5 rings (SSSR count). The summed E-state index contributed by atoms with van der Waals surface area (Å²) in [7, 11) is -2.38. The molecule has 0 N–H and O–H groups in total. The molecule has 0 saturated heterocycles. The van der Waals surface area contributed by atoms with Gasteiger partial charge in [-0.2, -0.15) is 13.2 Å². The number of hydrogen-bond acceptors (Lipinski definition) is 7. The van der Waals surface area contributed by atoms with Crippen molar-refractivity contribution in [2.24, 2.45) is 0 Å². The molecule has 0 atom stereocenters. The van der Waals surface area contributed by atoms with Gasteiger partial charge in [0.25, 0.3) is 0 Å². The van der Waals surface area contributed by atoms with Crippen LogP contribution >= 0.6 is 0 Å². The fraction of sp³-hybridized carbons (Fsp3) is 0.179. The van der Waals surface area contributed by atoms with Gasteiger partial charge in [-0.3, -0.25) is 0 Å². The zero-order valence-corrected chi connectivity index (χ0v) is 23.8. The van der Waals surface area contributed by atoms with Crippen molar-refractivity contribution in [2.45, 2.75) is 24.4 Å². The van der Waals surface area contributed by atoms with Crippen molar-refractivity contribution in [1.82, 2.24) is 24.5 Å². The van der Waals surface area contributed by atoms with E-state index < -0.39 is 33.8 Å². The Balaban J connectivity index is 1.70. The molecule has 0 aliphatic rings. The molecule has 3 aromatic carbocycles. The molecule has 0 aliphatic carbocycles. The first-order valence-electron chi connectivity index (χ1n) is 12.5. The van der Waals surface area contributed by atoms with Crippen LogP contribution in [0.15, 0.2) is 78.0 Å². The van der Waals surface area contributed by atoms with Gasteiger partial charge in [-0.05, 0) is 66.6 Å². The number of ether oxygens (including phenoxy) is 2. The van der Waals surface area contributed by atoms with Crippen LogP contribution < -0.4 is 9.47 Å². The highest BCUT2D eigenvalue weighted by Crippen LogP contribution is 2.36. The standard InChI is InChI=1S/C28H21F6N5O4S/c1-16-36-26(27(29,30)31)15-38(16)21-10-6-18(19-7-11-24(42-2)25(13-19)44(3,40)41)12-22(21)39-23(14-35-37-39)17-4-8-20(9-5-17)43-28(32,33)34/h4-15H,1-3H3. The van der Waals surface area contributed by atoms with E-state index in [9.17, 15) is 34.8 Å². The summed E-state index contributed by atoms with van der Waals surface area (Å²) < 4.78 is 115. The Hall–Kier alpha value is -4.86. The van der Waals surface area contributed by atoms with Gasteiger partial charge in [-0.15, -0.1) is 18.3 Å². The van der Waals surface area contributed by atoms with Crippen molar-refractivity contribution in [3.05, 3.63) is 84.6 Å². The first kappa shape index (κ1) is 30.6. The third-order valence-corrected chi connectivity index (χ3v) is 7.58. The summed E-state index contributed by atoms with van der Waals surface area (Å²) in [5, 5.41) is 8.05. The van der Waals surface area contributed by atoms with Crippen molar-refractivity contribution in [2.75, 3.05) is 13.4 Å². The highest BCUT2D eigenvalue weighted by molar-refractivity contribution is 7.90. The zero-order valence-electron chi connectivity index (χ0n) is 23.0. The van der Waals surface area contributed by atoms with Gasteiger partial charge in [0.1, 0.15) is 22.2 Å². The van der Waals surface area contributed by atoms with Crippen LogP contribution in [0.5, 0.6) is 11.5 Å². The molecule has 230 valence electrons. The lowest BCUT2D eigenvalue weighted by Gasteiger charge is -2.16. The van der Waals surface area contributed by atoms with Crippen LogP contribution in [0.25, 0.3) is 33.8 Å². The van der Waals surface area contributed by atoms with Gasteiger partial charge in [0.2, 0.25) is 0 Å². The molecule has 9 nitrogen and oxygen atoms in total. The van der Waals surface area contributed by atoms with Gasteiger partial charge >= 0.3 is 12.5 Å². The highest BCUT2D eigenvalue weighted by atomic mass is 32.2. The minimum Gasteiger partial charge on any atom is -0.495 e. The van der Waals surface area contributed by atoms with Crippen LogP contribution in [0.1, 0.15) is 11.5 Å². The Morgan fingerprint density at radius 2 is 1.48 bits per heavy atom. The second-order valence-electron chi connectivity index (χ2n) is 9.49. The quantitative estimate of drug-likeness (QED) is 0.190. The molecular weight excluding hydrogens is 616 g/mol. The maximum absolute atomic E-state index is 13.5. The van der Waals surface area contributed by atoms with E-state index in [0.717, 1.165) is 24.6 Å². The number of rotatable bonds is 7. The van der Waals surface area contributed by atoms with Gasteiger partial charge in [-0.25, -0.2) is 18.1 Å². The predicted octanol–water partition coefficient (Wildman–Crippen LogP) is 6.42. The number of methoxy groups -OCH3 is 1. The number of alkyl halides is 6. The molecule has 2 heterocycles. The lowest BCUT2D eigenvalue weighted by atomic mass is 10.0. The molecule has 0 aliphatic heterocycles. The Labute approximate surface area is 246 Å². The molecule has 2 aromatic heterocycles. The summed E-state index contributed by atoms with van der Waals surface area (Å²) in [6.45, 7) is 1.39. The summed E-state index contributed by atoms with van der Waals surface area (Å²) in [5.74, 6) is -0.332. The van der Waals surface area contributed by atoms with E-state index in [2.05, 4.69) is 20.0 Å². The minimum absolute atomic E-state index is 0.00505. The molecule has 5 aromatic rings. The first-order valence-corrected chi connectivity index (χ1v) is 14.4. The maximum atomic E-state index is 13.5. The van der Waals surface area contributed by atoms with E-state index in [1.54, 1.807) is 18.2 Å². The van der Waals surface area contributed by atoms with Crippen LogP contribution in [-0.4, -0.2) is 52.7 Å².